The minimum absolute atomic E-state index is 0.129. The lowest BCUT2D eigenvalue weighted by atomic mass is 10.1. The summed E-state index contributed by atoms with van der Waals surface area (Å²) in [4.78, 5) is 10.5. The largest absolute Gasteiger partial charge is 0.395 e. The first kappa shape index (κ1) is 10.9. The molecule has 0 atom stereocenters. The van der Waals surface area contributed by atoms with E-state index in [4.69, 9.17) is 5.11 Å². The van der Waals surface area contributed by atoms with Crippen molar-refractivity contribution in [2.75, 3.05) is 25.1 Å². The molecule has 4 nitrogen and oxygen atoms in total. The Morgan fingerprint density at radius 2 is 2.14 bits per heavy atom. The molecule has 0 bridgehead atoms. The number of rotatable bonds is 4. The standard InChI is InChI=1S/C10H17N3O/c1-8(2)9-6-11-7-10(12-9)13(3)4-5-14/h6-8,14H,4-5H2,1-3H3. The zero-order valence-corrected chi connectivity index (χ0v) is 8.94. The molecule has 0 saturated carbocycles. The van der Waals surface area contributed by atoms with Crippen LogP contribution in [0.2, 0.25) is 0 Å². The molecule has 0 aliphatic carbocycles. The summed E-state index contributed by atoms with van der Waals surface area (Å²) < 4.78 is 0. The van der Waals surface area contributed by atoms with E-state index >= 15 is 0 Å². The third-order valence-corrected chi connectivity index (χ3v) is 2.06. The van der Waals surface area contributed by atoms with Gasteiger partial charge in [0.15, 0.2) is 0 Å². The number of likely N-dealkylation sites (N-methyl/N-ethyl adjacent to an activating group) is 1. The van der Waals surface area contributed by atoms with Gasteiger partial charge in [0.25, 0.3) is 0 Å². The molecular formula is C10H17N3O. The Bertz CT molecular complexity index is 288. The Morgan fingerprint density at radius 1 is 1.43 bits per heavy atom. The molecule has 0 aromatic carbocycles. The van der Waals surface area contributed by atoms with Crippen molar-refractivity contribution in [3.63, 3.8) is 0 Å². The molecule has 0 spiro atoms. The van der Waals surface area contributed by atoms with Gasteiger partial charge in [0.1, 0.15) is 5.82 Å². The van der Waals surface area contributed by atoms with Crippen LogP contribution in [-0.4, -0.2) is 35.3 Å². The topological polar surface area (TPSA) is 49.2 Å². The van der Waals surface area contributed by atoms with Crippen molar-refractivity contribution in [3.05, 3.63) is 18.1 Å². The van der Waals surface area contributed by atoms with Crippen LogP contribution in [0, 0.1) is 0 Å². The van der Waals surface area contributed by atoms with Gasteiger partial charge in [0, 0.05) is 19.8 Å². The number of hydrogen-bond donors (Lipinski definition) is 1. The quantitative estimate of drug-likeness (QED) is 0.779. The molecule has 0 radical (unpaired) electrons. The van der Waals surface area contributed by atoms with Crippen molar-refractivity contribution in [1.82, 2.24) is 9.97 Å². The Kier molecular flexibility index (Phi) is 3.83. The first-order chi connectivity index (χ1) is 6.65. The van der Waals surface area contributed by atoms with Crippen LogP contribution < -0.4 is 4.90 Å². The second kappa shape index (κ2) is 4.91. The fraction of sp³-hybridized carbons (Fsp3) is 0.600. The van der Waals surface area contributed by atoms with Crippen LogP contribution in [0.1, 0.15) is 25.5 Å². The third kappa shape index (κ3) is 2.67. The molecule has 1 aromatic rings. The summed E-state index contributed by atoms with van der Waals surface area (Å²) in [6, 6.07) is 0. The molecule has 78 valence electrons. The van der Waals surface area contributed by atoms with E-state index in [1.54, 1.807) is 12.4 Å². The second-order valence-corrected chi connectivity index (χ2v) is 3.60. The monoisotopic (exact) mass is 195 g/mol. The molecule has 0 aliphatic heterocycles. The highest BCUT2D eigenvalue weighted by Gasteiger charge is 2.05. The molecule has 0 fully saturated rings. The summed E-state index contributed by atoms with van der Waals surface area (Å²) in [5, 5.41) is 8.79. The predicted octanol–water partition coefficient (Wildman–Crippen LogP) is 1.03. The van der Waals surface area contributed by atoms with Crippen molar-refractivity contribution >= 4 is 5.82 Å². The van der Waals surface area contributed by atoms with Crippen LogP contribution >= 0.6 is 0 Å². The average Bonchev–Trinajstić information content (AvgIpc) is 2.18. The number of hydrogen-bond acceptors (Lipinski definition) is 4. The number of anilines is 1. The summed E-state index contributed by atoms with van der Waals surface area (Å²) in [5.74, 6) is 1.19. The summed E-state index contributed by atoms with van der Waals surface area (Å²) in [6.45, 7) is 4.87. The third-order valence-electron chi connectivity index (χ3n) is 2.06. The van der Waals surface area contributed by atoms with Crippen LogP contribution in [-0.2, 0) is 0 Å². The Hall–Kier alpha value is -1.16. The summed E-state index contributed by atoms with van der Waals surface area (Å²) in [7, 11) is 1.89. The van der Waals surface area contributed by atoms with E-state index in [0.717, 1.165) is 11.5 Å². The van der Waals surface area contributed by atoms with Crippen LogP contribution in [0.15, 0.2) is 12.4 Å². The van der Waals surface area contributed by atoms with Crippen molar-refractivity contribution in [2.45, 2.75) is 19.8 Å². The molecule has 0 amide bonds. The van der Waals surface area contributed by atoms with E-state index in [1.165, 1.54) is 0 Å². The Morgan fingerprint density at radius 3 is 2.71 bits per heavy atom. The summed E-state index contributed by atoms with van der Waals surface area (Å²) >= 11 is 0. The molecular weight excluding hydrogens is 178 g/mol. The number of aromatic nitrogens is 2. The van der Waals surface area contributed by atoms with Crippen LogP contribution in [0.4, 0.5) is 5.82 Å². The smallest absolute Gasteiger partial charge is 0.147 e. The van der Waals surface area contributed by atoms with Gasteiger partial charge in [-0.3, -0.25) is 4.98 Å². The average molecular weight is 195 g/mol. The first-order valence-electron chi connectivity index (χ1n) is 4.79. The van der Waals surface area contributed by atoms with Gasteiger partial charge in [-0.1, -0.05) is 13.8 Å². The molecule has 1 rings (SSSR count). The minimum atomic E-state index is 0.129. The van der Waals surface area contributed by atoms with Crippen molar-refractivity contribution in [2.24, 2.45) is 0 Å². The van der Waals surface area contributed by atoms with E-state index in [1.807, 2.05) is 11.9 Å². The highest BCUT2D eigenvalue weighted by molar-refractivity contribution is 5.35. The second-order valence-electron chi connectivity index (χ2n) is 3.60. The van der Waals surface area contributed by atoms with Crippen molar-refractivity contribution < 1.29 is 5.11 Å². The molecule has 1 N–H and O–H groups in total. The SMILES string of the molecule is CC(C)c1cncc(N(C)CCO)n1. The van der Waals surface area contributed by atoms with Crippen LogP contribution in [0.5, 0.6) is 0 Å². The number of nitrogens with zero attached hydrogens (tertiary/aromatic N) is 3. The maximum atomic E-state index is 8.79. The Labute approximate surface area is 84.6 Å². The minimum Gasteiger partial charge on any atom is -0.395 e. The maximum absolute atomic E-state index is 8.79. The lowest BCUT2D eigenvalue weighted by molar-refractivity contribution is 0.304. The zero-order valence-electron chi connectivity index (χ0n) is 8.94. The lowest BCUT2D eigenvalue weighted by Gasteiger charge is -2.17. The molecule has 14 heavy (non-hydrogen) atoms. The highest BCUT2D eigenvalue weighted by atomic mass is 16.3. The van der Waals surface area contributed by atoms with Gasteiger partial charge in [0.05, 0.1) is 18.5 Å². The van der Waals surface area contributed by atoms with Gasteiger partial charge >= 0.3 is 0 Å². The van der Waals surface area contributed by atoms with Gasteiger partial charge in [-0.25, -0.2) is 4.98 Å². The fourth-order valence-electron chi connectivity index (χ4n) is 1.10. The van der Waals surface area contributed by atoms with Gasteiger partial charge in [-0.2, -0.15) is 0 Å². The maximum Gasteiger partial charge on any atom is 0.147 e. The molecule has 1 heterocycles. The van der Waals surface area contributed by atoms with E-state index in [9.17, 15) is 0 Å². The van der Waals surface area contributed by atoms with Gasteiger partial charge in [0.2, 0.25) is 0 Å². The molecule has 4 heteroatoms. The first-order valence-corrected chi connectivity index (χ1v) is 4.79. The van der Waals surface area contributed by atoms with Crippen LogP contribution in [0.3, 0.4) is 0 Å². The number of aliphatic hydroxyl groups excluding tert-OH is 1. The molecule has 0 aliphatic rings. The van der Waals surface area contributed by atoms with E-state index < -0.39 is 0 Å². The van der Waals surface area contributed by atoms with Gasteiger partial charge < -0.3 is 10.0 Å². The molecule has 0 saturated heterocycles. The van der Waals surface area contributed by atoms with E-state index in [2.05, 4.69) is 23.8 Å². The molecule has 0 unspecified atom stereocenters. The van der Waals surface area contributed by atoms with Crippen LogP contribution in [0.25, 0.3) is 0 Å². The van der Waals surface area contributed by atoms with Gasteiger partial charge in [-0.15, -0.1) is 0 Å². The fourth-order valence-corrected chi connectivity index (χ4v) is 1.10. The predicted molar refractivity (Wildman–Crippen MR) is 56.5 cm³/mol. The summed E-state index contributed by atoms with van der Waals surface area (Å²) in [5.41, 5.74) is 0.979. The van der Waals surface area contributed by atoms with Crippen molar-refractivity contribution in [1.29, 1.82) is 0 Å². The zero-order chi connectivity index (χ0) is 10.6. The van der Waals surface area contributed by atoms with Crippen molar-refractivity contribution in [3.8, 4) is 0 Å². The van der Waals surface area contributed by atoms with E-state index in [-0.39, 0.29) is 6.61 Å². The number of aliphatic hydroxyl groups is 1. The molecule has 1 aromatic heterocycles. The summed E-state index contributed by atoms with van der Waals surface area (Å²) in [6.07, 6.45) is 3.49. The lowest BCUT2D eigenvalue weighted by Crippen LogP contribution is -2.22. The van der Waals surface area contributed by atoms with Gasteiger partial charge in [-0.05, 0) is 5.92 Å². The normalized spacial score (nSPS) is 10.6. The van der Waals surface area contributed by atoms with E-state index in [0.29, 0.717) is 12.5 Å². The highest BCUT2D eigenvalue weighted by Crippen LogP contribution is 2.13. The Balaban J connectivity index is 2.82.